The lowest BCUT2D eigenvalue weighted by molar-refractivity contribution is -0.148. The van der Waals surface area contributed by atoms with Gasteiger partial charge in [-0.3, -0.25) is 28.8 Å². The molecule has 3 aliphatic heterocycles. The van der Waals surface area contributed by atoms with E-state index in [2.05, 4.69) is 16.0 Å². The molecule has 0 unspecified atom stereocenters. The Bertz CT molecular complexity index is 1920. The third kappa shape index (κ3) is 9.34. The maximum atomic E-state index is 14.5. The Morgan fingerprint density at radius 2 is 1.31 bits per heavy atom. The zero-order valence-corrected chi connectivity index (χ0v) is 32.1. The van der Waals surface area contributed by atoms with Crippen LogP contribution in [0.15, 0.2) is 66.7 Å². The molecule has 0 aromatic heterocycles. The van der Waals surface area contributed by atoms with Gasteiger partial charge in [0.25, 0.3) is 0 Å². The van der Waals surface area contributed by atoms with E-state index in [9.17, 15) is 28.8 Å². The van der Waals surface area contributed by atoms with Gasteiger partial charge in [-0.25, -0.2) is 0 Å². The van der Waals surface area contributed by atoms with Crippen molar-refractivity contribution in [3.05, 3.63) is 83.4 Å². The van der Waals surface area contributed by atoms with Gasteiger partial charge in [-0.05, 0) is 66.9 Å². The number of fused-ring (bicyclic) bond motifs is 2. The van der Waals surface area contributed by atoms with Crippen LogP contribution in [-0.4, -0.2) is 122 Å². The number of carbonyl (C=O) groups is 6. The summed E-state index contributed by atoms with van der Waals surface area (Å²) in [7, 11) is 7.43. The predicted molar refractivity (Wildman–Crippen MR) is 202 cm³/mol. The molecule has 15 nitrogen and oxygen atoms in total. The van der Waals surface area contributed by atoms with E-state index in [1.807, 2.05) is 0 Å². The molecule has 292 valence electrons. The molecule has 6 bridgehead atoms. The summed E-state index contributed by atoms with van der Waals surface area (Å²) >= 11 is 0. The Labute approximate surface area is 320 Å². The van der Waals surface area contributed by atoms with E-state index in [4.69, 9.17) is 14.2 Å². The van der Waals surface area contributed by atoms with E-state index >= 15 is 0 Å². The van der Waals surface area contributed by atoms with Gasteiger partial charge in [0, 0.05) is 40.4 Å². The van der Waals surface area contributed by atoms with Gasteiger partial charge in [-0.1, -0.05) is 30.3 Å². The first-order chi connectivity index (χ1) is 26.2. The number of hydrogen-bond acceptors (Lipinski definition) is 9. The number of nitrogens with one attached hydrogen (secondary N) is 3. The lowest BCUT2D eigenvalue weighted by Gasteiger charge is -2.35. The van der Waals surface area contributed by atoms with Gasteiger partial charge in [0.1, 0.15) is 41.7 Å². The van der Waals surface area contributed by atoms with E-state index in [1.165, 1.54) is 63.9 Å². The summed E-state index contributed by atoms with van der Waals surface area (Å²) in [5.74, 6) is -1.62. The fourth-order valence-electron chi connectivity index (χ4n) is 6.58. The maximum absolute atomic E-state index is 14.5. The van der Waals surface area contributed by atoms with Crippen molar-refractivity contribution in [2.24, 2.45) is 0 Å². The van der Waals surface area contributed by atoms with Gasteiger partial charge < -0.3 is 44.9 Å². The molecule has 0 radical (unpaired) electrons. The highest BCUT2D eigenvalue weighted by Crippen LogP contribution is 2.34. The number of methoxy groups -OCH3 is 2. The molecule has 6 amide bonds. The van der Waals surface area contributed by atoms with Crippen molar-refractivity contribution in [2.75, 3.05) is 41.9 Å². The first-order valence-corrected chi connectivity index (χ1v) is 17.9. The highest BCUT2D eigenvalue weighted by molar-refractivity contribution is 5.97. The van der Waals surface area contributed by atoms with Gasteiger partial charge in [0.2, 0.25) is 35.4 Å². The molecular weight excluding hydrogens is 708 g/mol. The van der Waals surface area contributed by atoms with Crippen molar-refractivity contribution in [1.29, 1.82) is 0 Å². The van der Waals surface area contributed by atoms with Crippen LogP contribution < -0.4 is 30.2 Å². The molecular formula is C40H48N6O9. The molecule has 1 saturated heterocycles. The Morgan fingerprint density at radius 1 is 0.673 bits per heavy atom. The van der Waals surface area contributed by atoms with Crippen LogP contribution in [0.1, 0.15) is 30.5 Å². The zero-order chi connectivity index (χ0) is 40.0. The quantitative estimate of drug-likeness (QED) is 0.356. The van der Waals surface area contributed by atoms with E-state index in [0.717, 1.165) is 0 Å². The summed E-state index contributed by atoms with van der Waals surface area (Å²) in [6, 6.07) is 13.6. The van der Waals surface area contributed by atoms with E-state index in [-0.39, 0.29) is 19.3 Å². The molecule has 3 N–H and O–H groups in total. The summed E-state index contributed by atoms with van der Waals surface area (Å²) in [5.41, 5.74) is 2.03. The van der Waals surface area contributed by atoms with Crippen molar-refractivity contribution in [1.82, 2.24) is 30.7 Å². The van der Waals surface area contributed by atoms with Crippen molar-refractivity contribution < 1.29 is 43.0 Å². The van der Waals surface area contributed by atoms with Gasteiger partial charge in [-0.15, -0.1) is 0 Å². The van der Waals surface area contributed by atoms with Crippen molar-refractivity contribution in [2.45, 2.75) is 63.3 Å². The second kappa shape index (κ2) is 17.3. The van der Waals surface area contributed by atoms with Crippen LogP contribution in [0.4, 0.5) is 0 Å². The molecule has 15 heteroatoms. The summed E-state index contributed by atoms with van der Waals surface area (Å²) in [6.45, 7) is 2.46. The van der Waals surface area contributed by atoms with Crippen LogP contribution in [0.2, 0.25) is 0 Å². The largest absolute Gasteiger partial charge is 0.497 e. The smallest absolute Gasteiger partial charge is 0.246 e. The first kappa shape index (κ1) is 40.1. The molecule has 0 saturated carbocycles. The number of benzene rings is 3. The van der Waals surface area contributed by atoms with Gasteiger partial charge >= 0.3 is 0 Å². The molecule has 5 atom stereocenters. The first-order valence-electron chi connectivity index (χ1n) is 17.9. The average Bonchev–Trinajstić information content (AvgIpc) is 3.18. The monoisotopic (exact) mass is 756 g/mol. The van der Waals surface area contributed by atoms with Crippen LogP contribution in [0.3, 0.4) is 0 Å². The molecule has 3 aromatic rings. The molecule has 55 heavy (non-hydrogen) atoms. The minimum Gasteiger partial charge on any atom is -0.497 e. The number of nitrogens with zero attached hydrogens (tertiary/aromatic N) is 3. The van der Waals surface area contributed by atoms with Crippen molar-refractivity contribution >= 4 is 35.4 Å². The Balaban J connectivity index is 1.55. The highest BCUT2D eigenvalue weighted by Gasteiger charge is 2.38. The van der Waals surface area contributed by atoms with Crippen LogP contribution in [0, 0.1) is 0 Å². The van der Waals surface area contributed by atoms with Crippen molar-refractivity contribution in [3.8, 4) is 23.0 Å². The number of ether oxygens (including phenoxy) is 3. The van der Waals surface area contributed by atoms with Crippen LogP contribution >= 0.6 is 0 Å². The molecule has 6 rings (SSSR count). The minimum atomic E-state index is -1.15. The Morgan fingerprint density at radius 3 is 1.96 bits per heavy atom. The molecule has 1 fully saturated rings. The molecule has 0 aliphatic carbocycles. The summed E-state index contributed by atoms with van der Waals surface area (Å²) in [4.78, 5) is 87.3. The lowest BCUT2D eigenvalue weighted by atomic mass is 9.99. The number of likely N-dealkylation sites (N-methyl/N-ethyl adjacent to an activating group) is 3. The topological polar surface area (TPSA) is 176 Å². The van der Waals surface area contributed by atoms with Crippen LogP contribution in [-0.2, 0) is 48.0 Å². The van der Waals surface area contributed by atoms with E-state index < -0.39 is 72.2 Å². The molecule has 0 spiro atoms. The second-order valence-electron chi connectivity index (χ2n) is 13.8. The molecule has 3 aromatic carbocycles. The highest BCUT2D eigenvalue weighted by atomic mass is 16.5. The lowest BCUT2D eigenvalue weighted by Crippen LogP contribution is -2.60. The summed E-state index contributed by atoms with van der Waals surface area (Å²) < 4.78 is 16.9. The predicted octanol–water partition coefficient (Wildman–Crippen LogP) is 1.46. The summed E-state index contributed by atoms with van der Waals surface area (Å²) in [5, 5.41) is 8.03. The number of amides is 6. The fourth-order valence-corrected chi connectivity index (χ4v) is 6.58. The Hall–Kier alpha value is -6.12. The van der Waals surface area contributed by atoms with Crippen LogP contribution in [0.25, 0.3) is 0 Å². The molecule has 3 heterocycles. The standard InChI is InChI=1S/C40H48N6O9/c1-23-36(48)43-24(2)39(51)45(4)30(18-25-8-13-28(53-6)14-9-25)37(49)41-22-35(47)44(3)32-19-26-10-15-29(16-11-26)55-34-21-27(12-17-33(34)54-7)20-31(38(50)42-23)46(5)40(32)52/h8-17,21,23-24,30-32H,18-20,22H2,1-7H3,(H,41,49)(H,42,50)(H,43,48)/t23-,24+,30+,31+,32+/m1/s1. The van der Waals surface area contributed by atoms with E-state index in [0.29, 0.717) is 39.7 Å². The number of carbonyl (C=O) groups excluding carboxylic acids is 6. The van der Waals surface area contributed by atoms with Crippen LogP contribution in [0.5, 0.6) is 23.0 Å². The SMILES string of the molecule is COc1ccc(C[C@H]2C(=O)NCC(=O)N(C)[C@H]3Cc4ccc(cc4)Oc4cc(ccc4OC)C[C@@H](C(=O)N[C@H](C)C(=O)N[C@@H](C)C(=O)N2C)N(C)C3=O)cc1. The maximum Gasteiger partial charge on any atom is 0.246 e. The number of hydrogen-bond donors (Lipinski definition) is 3. The van der Waals surface area contributed by atoms with Gasteiger partial charge in [0.15, 0.2) is 11.5 Å². The fraction of sp³-hybridized carbons (Fsp3) is 0.400. The van der Waals surface area contributed by atoms with Crippen molar-refractivity contribution in [3.63, 3.8) is 0 Å². The Kier molecular flexibility index (Phi) is 12.6. The normalized spacial score (nSPS) is 23.2. The summed E-state index contributed by atoms with van der Waals surface area (Å²) in [6.07, 6.45) is 0.157. The third-order valence-corrected chi connectivity index (χ3v) is 10.1. The average molecular weight is 757 g/mol. The van der Waals surface area contributed by atoms with E-state index in [1.54, 1.807) is 66.7 Å². The zero-order valence-electron chi connectivity index (χ0n) is 32.1. The van der Waals surface area contributed by atoms with Gasteiger partial charge in [0.05, 0.1) is 20.8 Å². The second-order valence-corrected chi connectivity index (χ2v) is 13.8. The minimum absolute atomic E-state index is 0.00998. The third-order valence-electron chi connectivity index (χ3n) is 10.1. The van der Waals surface area contributed by atoms with Gasteiger partial charge in [-0.2, -0.15) is 0 Å². The molecule has 3 aliphatic rings. The number of rotatable bonds is 4.